The molecule has 4 rings (SSSR count). The Labute approximate surface area is 188 Å². The fraction of sp³-hybridized carbons (Fsp3) is 0.304. The van der Waals surface area contributed by atoms with Gasteiger partial charge in [0.05, 0.1) is 18.4 Å². The van der Waals surface area contributed by atoms with Gasteiger partial charge >= 0.3 is 6.18 Å². The zero-order valence-corrected chi connectivity index (χ0v) is 17.6. The number of nitrogens with two attached hydrogens (primary N) is 1. The van der Waals surface area contributed by atoms with Crippen LogP contribution >= 0.6 is 0 Å². The van der Waals surface area contributed by atoms with Crippen LogP contribution in [0.15, 0.2) is 55.0 Å². The number of β-amino-alcohol motifs (C(OH)–C–C–N with tert-alkyl or cyclic N) is 1. The molecule has 0 bridgehead atoms. The monoisotopic (exact) mass is 457 g/mol. The number of hydrogen-bond donors (Lipinski definition) is 2. The summed E-state index contributed by atoms with van der Waals surface area (Å²) in [5, 5.41) is 10.2. The molecule has 33 heavy (non-hydrogen) atoms. The smallest absolute Gasteiger partial charge is 0.396 e. The van der Waals surface area contributed by atoms with Crippen molar-refractivity contribution in [2.24, 2.45) is 0 Å². The number of piperidine rings is 1. The Balaban J connectivity index is 1.61. The molecule has 0 aliphatic carbocycles. The van der Waals surface area contributed by atoms with Gasteiger partial charge in [-0.15, -0.1) is 0 Å². The van der Waals surface area contributed by atoms with E-state index in [0.717, 1.165) is 0 Å². The third kappa shape index (κ3) is 4.65. The maximum atomic E-state index is 13.4. The van der Waals surface area contributed by atoms with Crippen LogP contribution in [0, 0.1) is 0 Å². The summed E-state index contributed by atoms with van der Waals surface area (Å²) < 4.78 is 40.2. The molecule has 3 N–H and O–H groups in total. The van der Waals surface area contributed by atoms with Crippen LogP contribution in [0.25, 0.3) is 11.4 Å². The summed E-state index contributed by atoms with van der Waals surface area (Å²) in [6.07, 6.45) is -0.892. The zero-order valence-electron chi connectivity index (χ0n) is 17.6. The van der Waals surface area contributed by atoms with Gasteiger partial charge in [-0.05, 0) is 18.9 Å². The summed E-state index contributed by atoms with van der Waals surface area (Å²) >= 11 is 0. The molecule has 0 saturated carbocycles. The Bertz CT molecular complexity index is 1160. The molecule has 0 amide bonds. The quantitative estimate of drug-likeness (QED) is 0.566. The number of anilines is 2. The fourth-order valence-corrected chi connectivity index (χ4v) is 3.94. The lowest BCUT2D eigenvalue weighted by Crippen LogP contribution is -2.57. The molecule has 1 aliphatic rings. The number of halogens is 3. The first-order valence-corrected chi connectivity index (χ1v) is 10.4. The number of ketones is 1. The third-order valence-corrected chi connectivity index (χ3v) is 5.68. The zero-order chi connectivity index (χ0) is 23.6. The first kappa shape index (κ1) is 22.7. The third-order valence-electron chi connectivity index (χ3n) is 5.68. The van der Waals surface area contributed by atoms with Crippen molar-refractivity contribution in [3.63, 3.8) is 0 Å². The predicted octanol–water partition coefficient (Wildman–Crippen LogP) is 3.44. The highest BCUT2D eigenvalue weighted by atomic mass is 19.4. The van der Waals surface area contributed by atoms with E-state index in [1.807, 2.05) is 18.2 Å². The minimum atomic E-state index is -4.75. The summed E-state index contributed by atoms with van der Waals surface area (Å²) in [5.41, 5.74) is 4.84. The van der Waals surface area contributed by atoms with E-state index in [2.05, 4.69) is 15.0 Å². The molecule has 0 radical (unpaired) electrons. The van der Waals surface area contributed by atoms with Gasteiger partial charge in [-0.2, -0.15) is 13.2 Å². The Morgan fingerprint density at radius 2 is 1.94 bits per heavy atom. The van der Waals surface area contributed by atoms with Crippen molar-refractivity contribution in [3.8, 4) is 11.4 Å². The predicted molar refractivity (Wildman–Crippen MR) is 117 cm³/mol. The average molecular weight is 457 g/mol. The van der Waals surface area contributed by atoms with Gasteiger partial charge < -0.3 is 15.7 Å². The van der Waals surface area contributed by atoms with Crippen molar-refractivity contribution >= 4 is 17.2 Å². The summed E-state index contributed by atoms with van der Waals surface area (Å²) in [7, 11) is 0. The normalized spacial score (nSPS) is 18.8. The van der Waals surface area contributed by atoms with Gasteiger partial charge in [0, 0.05) is 42.2 Å². The number of Topliss-reactive ketones (excluding diaryl/α,β-unsaturated/α-hetero) is 1. The molecule has 3 aromatic rings. The molecule has 1 atom stereocenters. The van der Waals surface area contributed by atoms with E-state index in [9.17, 15) is 23.1 Å². The van der Waals surface area contributed by atoms with Crippen LogP contribution in [-0.4, -0.2) is 50.7 Å². The summed E-state index contributed by atoms with van der Waals surface area (Å²) in [4.78, 5) is 27.1. The lowest BCUT2D eigenvalue weighted by Gasteiger charge is -2.41. The summed E-state index contributed by atoms with van der Waals surface area (Å²) in [6, 6.07) is 10.6. The van der Waals surface area contributed by atoms with Gasteiger partial charge in [0.1, 0.15) is 5.69 Å². The number of hydrogen-bond acceptors (Lipinski definition) is 7. The molecule has 1 aromatic carbocycles. The van der Waals surface area contributed by atoms with Gasteiger partial charge in [-0.3, -0.25) is 9.78 Å². The molecule has 7 nitrogen and oxygen atoms in total. The first-order chi connectivity index (χ1) is 15.7. The number of nitrogens with zero attached hydrogens (tertiary/aromatic N) is 4. The largest absolute Gasteiger partial charge is 0.418 e. The van der Waals surface area contributed by atoms with Gasteiger partial charge in [0.15, 0.2) is 17.2 Å². The summed E-state index contributed by atoms with van der Waals surface area (Å²) in [6.45, 7) is -0.299. The standard InChI is InChI=1S/C23H22F3N5O2/c24-23(25,26)22(33)8-4-10-31(14-22)18-7-9-28-12-16(18)11-19(32)20-17(27)13-29-21(30-20)15-5-2-1-3-6-15/h1-3,5-7,9,12-13,33H,4,8,10-11,14,27H2. The van der Waals surface area contributed by atoms with Gasteiger partial charge in [0.2, 0.25) is 0 Å². The summed E-state index contributed by atoms with van der Waals surface area (Å²) in [5.74, 6) is -0.0738. The van der Waals surface area contributed by atoms with E-state index in [0.29, 0.717) is 29.2 Å². The van der Waals surface area contributed by atoms with Crippen LogP contribution in [0.4, 0.5) is 24.5 Å². The number of rotatable bonds is 5. The molecule has 3 heterocycles. The van der Waals surface area contributed by atoms with Crippen LogP contribution in [0.3, 0.4) is 0 Å². The van der Waals surface area contributed by atoms with Gasteiger partial charge in [-0.25, -0.2) is 9.97 Å². The molecule has 1 aliphatic heterocycles. The second kappa shape index (κ2) is 8.78. The van der Waals surface area contributed by atoms with E-state index in [4.69, 9.17) is 5.73 Å². The Morgan fingerprint density at radius 1 is 1.18 bits per heavy atom. The topological polar surface area (TPSA) is 105 Å². The number of aromatic nitrogens is 3. The van der Waals surface area contributed by atoms with Crippen molar-refractivity contribution in [2.45, 2.75) is 31.0 Å². The van der Waals surface area contributed by atoms with Crippen LogP contribution < -0.4 is 10.6 Å². The Morgan fingerprint density at radius 3 is 2.67 bits per heavy atom. The van der Waals surface area contributed by atoms with E-state index >= 15 is 0 Å². The number of alkyl halides is 3. The Hall–Kier alpha value is -3.53. The molecular formula is C23H22F3N5O2. The van der Waals surface area contributed by atoms with E-state index < -0.39 is 24.1 Å². The van der Waals surface area contributed by atoms with Crippen molar-refractivity contribution < 1.29 is 23.1 Å². The number of pyridine rings is 1. The van der Waals surface area contributed by atoms with Crippen molar-refractivity contribution in [2.75, 3.05) is 23.7 Å². The molecule has 172 valence electrons. The van der Waals surface area contributed by atoms with Crippen LogP contribution in [0.5, 0.6) is 0 Å². The minimum Gasteiger partial charge on any atom is -0.396 e. The van der Waals surface area contributed by atoms with Crippen molar-refractivity contribution in [3.05, 3.63) is 66.2 Å². The maximum Gasteiger partial charge on any atom is 0.418 e. The fourth-order valence-electron chi connectivity index (χ4n) is 3.94. The minimum absolute atomic E-state index is 0.0316. The van der Waals surface area contributed by atoms with E-state index in [-0.39, 0.29) is 30.6 Å². The van der Waals surface area contributed by atoms with Crippen molar-refractivity contribution in [1.29, 1.82) is 0 Å². The second-order valence-corrected chi connectivity index (χ2v) is 8.02. The van der Waals surface area contributed by atoms with Crippen LogP contribution in [0.2, 0.25) is 0 Å². The lowest BCUT2D eigenvalue weighted by atomic mass is 9.91. The number of carbonyl (C=O) groups is 1. The molecule has 1 unspecified atom stereocenters. The first-order valence-electron chi connectivity index (χ1n) is 10.4. The Kier molecular flexibility index (Phi) is 6.03. The number of benzene rings is 1. The highest BCUT2D eigenvalue weighted by molar-refractivity contribution is 6.00. The van der Waals surface area contributed by atoms with E-state index in [1.54, 1.807) is 18.2 Å². The molecule has 0 spiro atoms. The second-order valence-electron chi connectivity index (χ2n) is 8.02. The highest BCUT2D eigenvalue weighted by Gasteiger charge is 2.55. The molecule has 10 heteroatoms. The molecule has 2 aromatic heterocycles. The molecule has 1 fully saturated rings. The van der Waals surface area contributed by atoms with E-state index in [1.165, 1.54) is 23.5 Å². The highest BCUT2D eigenvalue weighted by Crippen LogP contribution is 2.39. The maximum absolute atomic E-state index is 13.4. The van der Waals surface area contributed by atoms with Crippen molar-refractivity contribution in [1.82, 2.24) is 15.0 Å². The lowest BCUT2D eigenvalue weighted by molar-refractivity contribution is -0.261. The van der Waals surface area contributed by atoms with Crippen LogP contribution in [0.1, 0.15) is 28.9 Å². The number of nitrogen functional groups attached to an aromatic ring is 1. The number of aliphatic hydroxyl groups is 1. The average Bonchev–Trinajstić information content (AvgIpc) is 2.79. The van der Waals surface area contributed by atoms with Gasteiger partial charge in [0.25, 0.3) is 0 Å². The van der Waals surface area contributed by atoms with Gasteiger partial charge in [-0.1, -0.05) is 30.3 Å². The SMILES string of the molecule is Nc1cnc(-c2ccccc2)nc1C(=O)Cc1cnccc1N1CCCC(O)(C(F)(F)F)C1. The number of carbonyl (C=O) groups excluding carboxylic acids is 1. The molecular weight excluding hydrogens is 435 g/mol. The van der Waals surface area contributed by atoms with Crippen LogP contribution in [-0.2, 0) is 6.42 Å². The molecule has 1 saturated heterocycles.